The molecule has 2 unspecified atom stereocenters. The van der Waals surface area contributed by atoms with Crippen LogP contribution in [-0.2, 0) is 77.8 Å². The zero-order chi connectivity index (χ0) is 63.2. The first-order valence-electron chi connectivity index (χ1n) is 29.9. The number of carbonyl (C=O) groups is 9. The lowest BCUT2D eigenvalue weighted by Gasteiger charge is -2.37. The topological polar surface area (TPSA) is 295 Å². The molecule has 2 aromatic heterocycles. The molecule has 8 amide bonds. The minimum absolute atomic E-state index is 0.0398. The number of ether oxygens (including phenoxy) is 2. The zero-order valence-corrected chi connectivity index (χ0v) is 52.1. The molecule has 5 N–H and O–H groups in total. The zero-order valence-electron chi connectivity index (χ0n) is 51.3. The van der Waals surface area contributed by atoms with Gasteiger partial charge in [0.05, 0.1) is 60.8 Å². The van der Waals surface area contributed by atoms with Crippen molar-refractivity contribution in [2.75, 3.05) is 46.3 Å². The van der Waals surface area contributed by atoms with E-state index in [1.165, 1.54) is 11.9 Å². The fraction of sp³-hybridized carbons (Fsp3) is 0.524. The van der Waals surface area contributed by atoms with E-state index in [4.69, 9.17) is 19.3 Å². The van der Waals surface area contributed by atoms with Crippen molar-refractivity contribution >= 4 is 82.3 Å². The highest BCUT2D eigenvalue weighted by molar-refractivity contribution is 8.01. The van der Waals surface area contributed by atoms with Crippen LogP contribution in [-0.4, -0.2) is 147 Å². The molecule has 7 rings (SSSR count). The molecule has 0 bridgehead atoms. The molecule has 2 aromatic carbocycles. The number of hydrogen-bond acceptors (Lipinski definition) is 16. The Bertz CT molecular complexity index is 3320. The Labute approximate surface area is 511 Å². The number of rotatable bonds is 29. The van der Waals surface area contributed by atoms with Gasteiger partial charge in [0.2, 0.25) is 47.0 Å². The van der Waals surface area contributed by atoms with Gasteiger partial charge in [0.15, 0.2) is 0 Å². The summed E-state index contributed by atoms with van der Waals surface area (Å²) in [7, 11) is 1.40. The lowest BCUT2D eigenvalue weighted by atomic mass is 9.85. The van der Waals surface area contributed by atoms with Gasteiger partial charge in [-0.15, -0.1) is 0 Å². The predicted octanol–water partition coefficient (Wildman–Crippen LogP) is 5.52. The molecule has 0 saturated carbocycles. The van der Waals surface area contributed by atoms with E-state index in [-0.39, 0.29) is 91.4 Å². The quantitative estimate of drug-likeness (QED) is 0.0129. The second-order valence-corrected chi connectivity index (χ2v) is 25.0. The van der Waals surface area contributed by atoms with E-state index in [0.717, 1.165) is 29.5 Å². The number of likely N-dealkylation sites (tertiary alicyclic amines) is 1. The number of unbranched alkanes of at least 4 members (excludes halogenated alkanes) is 2. The number of pyridine rings is 2. The van der Waals surface area contributed by atoms with Crippen LogP contribution in [0.2, 0.25) is 0 Å². The fourth-order valence-electron chi connectivity index (χ4n) is 11.0. The molecule has 0 aliphatic carbocycles. The van der Waals surface area contributed by atoms with Gasteiger partial charge in [-0.1, -0.05) is 94.7 Å². The number of thioether (sulfide) groups is 1. The summed E-state index contributed by atoms with van der Waals surface area (Å²) in [5, 5.41) is 18.2. The van der Waals surface area contributed by atoms with Crippen molar-refractivity contribution in [3.05, 3.63) is 98.8 Å². The lowest BCUT2D eigenvalue weighted by Crippen LogP contribution is -2.52. The van der Waals surface area contributed by atoms with E-state index >= 15 is 0 Å². The Morgan fingerprint density at radius 3 is 2.24 bits per heavy atom. The van der Waals surface area contributed by atoms with Crippen LogP contribution in [0.15, 0.2) is 70.6 Å². The van der Waals surface area contributed by atoms with Crippen LogP contribution in [0.3, 0.4) is 0 Å². The molecule has 24 heteroatoms. The van der Waals surface area contributed by atoms with Gasteiger partial charge in [-0.05, 0) is 77.0 Å². The third kappa shape index (κ3) is 16.1. The lowest BCUT2D eigenvalue weighted by molar-refractivity contribution is -0.173. The second kappa shape index (κ2) is 29.5. The van der Waals surface area contributed by atoms with Gasteiger partial charge in [-0.25, -0.2) is 14.6 Å². The monoisotopic (exact) mass is 1220 g/mol. The van der Waals surface area contributed by atoms with Crippen molar-refractivity contribution in [3.8, 4) is 11.4 Å². The van der Waals surface area contributed by atoms with Crippen LogP contribution in [0.25, 0.3) is 22.3 Å². The molecule has 4 atom stereocenters. The fourth-order valence-corrected chi connectivity index (χ4v) is 12.6. The number of carbonyl (C=O) groups excluding carboxylic acids is 9. The summed E-state index contributed by atoms with van der Waals surface area (Å²) in [5.41, 5.74) is 0.981. The summed E-state index contributed by atoms with van der Waals surface area (Å²) in [4.78, 5) is 147. The van der Waals surface area contributed by atoms with Crippen LogP contribution in [0, 0.1) is 5.92 Å². The van der Waals surface area contributed by atoms with E-state index < -0.39 is 78.1 Å². The van der Waals surface area contributed by atoms with Crippen molar-refractivity contribution in [2.45, 2.75) is 160 Å². The number of esters is 1. The number of fused-ring (bicyclic) bond motifs is 5. The van der Waals surface area contributed by atoms with E-state index in [0.29, 0.717) is 64.7 Å². The number of hydrogen-bond donors (Lipinski definition) is 5. The summed E-state index contributed by atoms with van der Waals surface area (Å²) in [6.07, 6.45) is 5.11. The Balaban J connectivity index is 0.859. The molecule has 1 fully saturated rings. The number of imide groups is 1. The van der Waals surface area contributed by atoms with Gasteiger partial charge in [-0.3, -0.25) is 43.3 Å². The summed E-state index contributed by atoms with van der Waals surface area (Å²) in [6.45, 7) is 14.1. The van der Waals surface area contributed by atoms with Crippen molar-refractivity contribution in [2.24, 2.45) is 11.1 Å². The van der Waals surface area contributed by atoms with Crippen molar-refractivity contribution in [1.82, 2.24) is 45.9 Å². The first-order valence-corrected chi connectivity index (χ1v) is 30.8. The molecular formula is C63H82N10O13S. The molecule has 0 spiro atoms. The largest absolute Gasteiger partial charge is 0.457 e. The average molecular weight is 1220 g/mol. The van der Waals surface area contributed by atoms with Gasteiger partial charge in [-0.2, -0.15) is 11.8 Å². The third-order valence-electron chi connectivity index (χ3n) is 16.1. The molecule has 87 heavy (non-hydrogen) atoms. The van der Waals surface area contributed by atoms with E-state index in [1.54, 1.807) is 54.1 Å². The molecular weight excluding hydrogens is 1140 g/mol. The second-order valence-electron chi connectivity index (χ2n) is 23.2. The summed E-state index contributed by atoms with van der Waals surface area (Å²) < 4.78 is 12.8. The Hall–Kier alpha value is -8.15. The number of likely N-dealkylation sites (N-methyl/N-ethyl adjacent to an activating group) is 1. The molecule has 3 aliphatic rings. The molecule has 3 aliphatic heterocycles. The normalized spacial score (nSPS) is 17.0. The first kappa shape index (κ1) is 66.4. The van der Waals surface area contributed by atoms with Crippen LogP contribution in [0.4, 0.5) is 4.79 Å². The number of nitrogens with zero attached hydrogens (tertiary/aromatic N) is 5. The third-order valence-corrected chi connectivity index (χ3v) is 18.1. The first-order chi connectivity index (χ1) is 41.5. The maximum atomic E-state index is 14.3. The maximum Gasteiger partial charge on any atom is 0.411 e. The Morgan fingerprint density at radius 2 is 1.54 bits per heavy atom. The van der Waals surface area contributed by atoms with E-state index in [9.17, 15) is 47.9 Å². The number of benzene rings is 2. The predicted molar refractivity (Wildman–Crippen MR) is 328 cm³/mol. The summed E-state index contributed by atoms with van der Waals surface area (Å²) in [5.74, 6) is -4.54. The number of aromatic nitrogens is 2. The molecule has 1 saturated heterocycles. The average Bonchev–Trinajstić information content (AvgIpc) is 1.72. The SMILES string of the molecule is CCC(C)SC(CC)(CC)C1CC(=O)N(CCCCCC(=O)NCC(=O)NCC(=O)N[C@@H](Cc2ccccc2)C(=O)NCC(=O)NCCN(C)C(=O)O[C@@]2(CC)C(=O)OCc3c2cc2n(c3=O)Cc3c-2nc2ccccc2c3/C=N/OC(C)(C)C)C1=O. The van der Waals surface area contributed by atoms with E-state index in [2.05, 4.69) is 59.4 Å². The highest BCUT2D eigenvalue weighted by atomic mass is 32.2. The van der Waals surface area contributed by atoms with Crippen molar-refractivity contribution in [3.63, 3.8) is 0 Å². The highest BCUT2D eigenvalue weighted by Gasteiger charge is 2.52. The van der Waals surface area contributed by atoms with Crippen molar-refractivity contribution in [1.29, 1.82) is 0 Å². The number of cyclic esters (lactones) is 1. The summed E-state index contributed by atoms with van der Waals surface area (Å²) >= 11 is 1.81. The molecule has 5 heterocycles. The number of nitrogens with one attached hydrogen (secondary N) is 5. The minimum Gasteiger partial charge on any atom is -0.457 e. The number of amides is 8. The highest BCUT2D eigenvalue weighted by Crippen LogP contribution is 2.47. The van der Waals surface area contributed by atoms with Gasteiger partial charge in [0.1, 0.15) is 18.2 Å². The van der Waals surface area contributed by atoms with Gasteiger partial charge < -0.3 is 50.4 Å². The van der Waals surface area contributed by atoms with Gasteiger partial charge in [0, 0.05) is 78.0 Å². The van der Waals surface area contributed by atoms with Gasteiger partial charge >= 0.3 is 12.1 Å². The van der Waals surface area contributed by atoms with Crippen LogP contribution < -0.4 is 32.1 Å². The van der Waals surface area contributed by atoms with Crippen LogP contribution >= 0.6 is 11.8 Å². The maximum absolute atomic E-state index is 14.3. The molecule has 468 valence electrons. The van der Waals surface area contributed by atoms with Crippen molar-refractivity contribution < 1.29 is 57.5 Å². The van der Waals surface area contributed by atoms with Crippen LogP contribution in [0.1, 0.15) is 141 Å². The standard InChI is InChI=1S/C63H82N10O13S/c1-10-39(5)87-62(11-2,12-3)46-32-54(78)72(58(46)81)28-21-15-18-26-50(74)65-34-52(76)66-36-53(77)69-48(30-40-22-16-14-17-23-40)56(79)67-35-51(75)64-27-29-71(9)60(83)85-63(13-4)45-31-49-55-43(37-73(49)57(80)44(45)38-84-59(63)82)42(33-68-86-61(6,7)8)41-24-19-20-25-47(41)70-55/h14,16-17,19-20,22-25,31,33,39,46,48H,10-13,15,18,21,26-30,32,34-38H2,1-9H3,(H,64,75)(H,65,74)(H,66,76)(H,67,79)(H,69,77)/b68-33+/t39?,46?,48-,63+/m0/s1. The minimum atomic E-state index is -2.01. The number of oxime groups is 1. The van der Waals surface area contributed by atoms with Gasteiger partial charge in [0.25, 0.3) is 5.56 Å². The Kier molecular flexibility index (Phi) is 22.5. The number of para-hydroxylation sites is 1. The van der Waals surface area contributed by atoms with Crippen LogP contribution in [0.5, 0.6) is 0 Å². The molecule has 0 radical (unpaired) electrons. The Morgan fingerprint density at radius 1 is 0.862 bits per heavy atom. The van der Waals surface area contributed by atoms with E-state index in [1.807, 2.05) is 56.8 Å². The molecule has 4 aromatic rings. The molecule has 23 nitrogen and oxygen atoms in total. The summed E-state index contributed by atoms with van der Waals surface area (Å²) in [6, 6.07) is 16.8. The smallest absolute Gasteiger partial charge is 0.411 e.